The minimum Gasteiger partial charge on any atom is -0.306 e. The van der Waals surface area contributed by atoms with Gasteiger partial charge in [0.2, 0.25) is 0 Å². The van der Waals surface area contributed by atoms with E-state index in [1.165, 1.54) is 25.7 Å². The highest BCUT2D eigenvalue weighted by Gasteiger charge is 2.21. The lowest BCUT2D eigenvalue weighted by molar-refractivity contribution is 0.189. The molecular formula is C11H20N2. The first-order valence-corrected chi connectivity index (χ1v) is 5.27. The van der Waals surface area contributed by atoms with Crippen molar-refractivity contribution < 1.29 is 0 Å². The molecule has 13 heavy (non-hydrogen) atoms. The SMILES string of the molecule is CN(C)[C@H]1CC[C@H](CCC#N)CC1. The first kappa shape index (κ1) is 10.5. The molecule has 74 valence electrons. The molecule has 1 aliphatic rings. The van der Waals surface area contributed by atoms with Gasteiger partial charge < -0.3 is 4.90 Å². The molecule has 0 atom stereocenters. The van der Waals surface area contributed by atoms with E-state index in [0.29, 0.717) is 0 Å². The zero-order valence-corrected chi connectivity index (χ0v) is 8.79. The molecule has 2 nitrogen and oxygen atoms in total. The summed E-state index contributed by atoms with van der Waals surface area (Å²) in [6.07, 6.45) is 7.16. The number of hydrogen-bond donors (Lipinski definition) is 0. The van der Waals surface area contributed by atoms with Gasteiger partial charge in [-0.25, -0.2) is 0 Å². The van der Waals surface area contributed by atoms with E-state index >= 15 is 0 Å². The van der Waals surface area contributed by atoms with Crippen LogP contribution in [0, 0.1) is 17.2 Å². The van der Waals surface area contributed by atoms with E-state index in [0.717, 1.165) is 24.8 Å². The molecule has 2 heteroatoms. The van der Waals surface area contributed by atoms with E-state index in [1.54, 1.807) is 0 Å². The summed E-state index contributed by atoms with van der Waals surface area (Å²) in [5.74, 6) is 0.829. The lowest BCUT2D eigenvalue weighted by Crippen LogP contribution is -2.32. The molecule has 1 saturated carbocycles. The second kappa shape index (κ2) is 5.24. The summed E-state index contributed by atoms with van der Waals surface area (Å²) in [7, 11) is 4.33. The van der Waals surface area contributed by atoms with Crippen molar-refractivity contribution in [3.05, 3.63) is 0 Å². The van der Waals surface area contributed by atoms with E-state index in [4.69, 9.17) is 5.26 Å². The molecule has 1 aliphatic carbocycles. The molecule has 0 amide bonds. The predicted molar refractivity (Wildman–Crippen MR) is 54.3 cm³/mol. The van der Waals surface area contributed by atoms with Crippen LogP contribution in [0.4, 0.5) is 0 Å². The summed E-state index contributed by atoms with van der Waals surface area (Å²) in [6.45, 7) is 0. The second-order valence-corrected chi connectivity index (χ2v) is 4.33. The van der Waals surface area contributed by atoms with Crippen LogP contribution < -0.4 is 0 Å². The molecule has 0 unspecified atom stereocenters. The van der Waals surface area contributed by atoms with Gasteiger partial charge >= 0.3 is 0 Å². The van der Waals surface area contributed by atoms with E-state index in [9.17, 15) is 0 Å². The maximum atomic E-state index is 8.48. The van der Waals surface area contributed by atoms with Gasteiger partial charge in [-0.3, -0.25) is 0 Å². The monoisotopic (exact) mass is 180 g/mol. The summed E-state index contributed by atoms with van der Waals surface area (Å²) in [5, 5.41) is 8.48. The molecule has 0 aromatic heterocycles. The van der Waals surface area contributed by atoms with Crippen LogP contribution in [0.15, 0.2) is 0 Å². The van der Waals surface area contributed by atoms with Gasteiger partial charge in [0.15, 0.2) is 0 Å². The summed E-state index contributed by atoms with van der Waals surface area (Å²) in [4.78, 5) is 2.33. The number of nitriles is 1. The number of nitrogens with zero attached hydrogens (tertiary/aromatic N) is 2. The van der Waals surface area contributed by atoms with Gasteiger partial charge in [0, 0.05) is 12.5 Å². The molecule has 0 aromatic carbocycles. The molecule has 0 N–H and O–H groups in total. The Morgan fingerprint density at radius 1 is 1.23 bits per heavy atom. The zero-order valence-electron chi connectivity index (χ0n) is 8.79. The Morgan fingerprint density at radius 2 is 1.85 bits per heavy atom. The van der Waals surface area contributed by atoms with Crippen LogP contribution in [-0.2, 0) is 0 Å². The molecule has 0 radical (unpaired) electrons. The number of hydrogen-bond acceptors (Lipinski definition) is 2. The van der Waals surface area contributed by atoms with Crippen molar-refractivity contribution in [2.45, 2.75) is 44.6 Å². The molecule has 1 rings (SSSR count). The fourth-order valence-corrected chi connectivity index (χ4v) is 2.22. The van der Waals surface area contributed by atoms with Crippen LogP contribution in [0.25, 0.3) is 0 Å². The Kier molecular flexibility index (Phi) is 4.24. The second-order valence-electron chi connectivity index (χ2n) is 4.33. The highest BCUT2D eigenvalue weighted by molar-refractivity contribution is 4.79. The third-order valence-electron chi connectivity index (χ3n) is 3.21. The average molecular weight is 180 g/mol. The van der Waals surface area contributed by atoms with Crippen molar-refractivity contribution in [1.82, 2.24) is 4.90 Å². The van der Waals surface area contributed by atoms with Crippen molar-refractivity contribution in [2.75, 3.05) is 14.1 Å². The number of rotatable bonds is 3. The lowest BCUT2D eigenvalue weighted by Gasteiger charge is -2.32. The Hall–Kier alpha value is -0.550. The van der Waals surface area contributed by atoms with Crippen LogP contribution in [-0.4, -0.2) is 25.0 Å². The maximum Gasteiger partial charge on any atom is 0.0621 e. The standard InChI is InChI=1S/C11H20N2/c1-13(2)11-7-5-10(6-8-11)4-3-9-12/h10-11H,3-8H2,1-2H3/t10-,11-. The van der Waals surface area contributed by atoms with Crippen molar-refractivity contribution in [1.29, 1.82) is 5.26 Å². The molecule has 0 spiro atoms. The Morgan fingerprint density at radius 3 is 2.31 bits per heavy atom. The van der Waals surface area contributed by atoms with E-state index in [-0.39, 0.29) is 0 Å². The van der Waals surface area contributed by atoms with Crippen molar-refractivity contribution in [2.24, 2.45) is 5.92 Å². The third kappa shape index (κ3) is 3.36. The lowest BCUT2D eigenvalue weighted by atomic mass is 9.83. The minimum atomic E-state index is 0.747. The average Bonchev–Trinajstić information content (AvgIpc) is 2.15. The normalized spacial score (nSPS) is 28.8. The summed E-state index contributed by atoms with van der Waals surface area (Å²) in [5.41, 5.74) is 0. The van der Waals surface area contributed by atoms with Gasteiger partial charge in [-0.15, -0.1) is 0 Å². The minimum absolute atomic E-state index is 0.747. The molecule has 1 fully saturated rings. The molecular weight excluding hydrogens is 160 g/mol. The molecule has 0 bridgehead atoms. The van der Waals surface area contributed by atoms with Gasteiger partial charge in [-0.2, -0.15) is 5.26 Å². The van der Waals surface area contributed by atoms with Crippen LogP contribution in [0.5, 0.6) is 0 Å². The highest BCUT2D eigenvalue weighted by atomic mass is 15.1. The first-order valence-electron chi connectivity index (χ1n) is 5.27. The highest BCUT2D eigenvalue weighted by Crippen LogP contribution is 2.29. The molecule has 0 aromatic rings. The van der Waals surface area contributed by atoms with E-state index in [2.05, 4.69) is 25.1 Å². The largest absolute Gasteiger partial charge is 0.306 e. The van der Waals surface area contributed by atoms with Gasteiger partial charge in [0.1, 0.15) is 0 Å². The fourth-order valence-electron chi connectivity index (χ4n) is 2.22. The van der Waals surface area contributed by atoms with Crippen molar-refractivity contribution in [3.8, 4) is 6.07 Å². The van der Waals surface area contributed by atoms with Gasteiger partial charge in [-0.05, 0) is 52.1 Å². The summed E-state index contributed by atoms with van der Waals surface area (Å²) in [6, 6.07) is 3.03. The fraction of sp³-hybridized carbons (Fsp3) is 0.909. The Bertz CT molecular complexity index is 173. The van der Waals surface area contributed by atoms with Gasteiger partial charge in [-0.1, -0.05) is 0 Å². The van der Waals surface area contributed by atoms with Crippen molar-refractivity contribution in [3.63, 3.8) is 0 Å². The molecule has 0 saturated heterocycles. The molecule has 0 heterocycles. The van der Waals surface area contributed by atoms with Crippen LogP contribution in [0.3, 0.4) is 0 Å². The smallest absolute Gasteiger partial charge is 0.0621 e. The Balaban J connectivity index is 2.19. The van der Waals surface area contributed by atoms with Crippen molar-refractivity contribution >= 4 is 0 Å². The molecule has 0 aliphatic heterocycles. The van der Waals surface area contributed by atoms with Gasteiger partial charge in [0.25, 0.3) is 0 Å². The first-order chi connectivity index (χ1) is 6.24. The maximum absolute atomic E-state index is 8.48. The van der Waals surface area contributed by atoms with Crippen LogP contribution in [0.2, 0.25) is 0 Å². The van der Waals surface area contributed by atoms with Gasteiger partial charge in [0.05, 0.1) is 6.07 Å². The third-order valence-corrected chi connectivity index (χ3v) is 3.21. The predicted octanol–water partition coefficient (Wildman–Crippen LogP) is 2.41. The van der Waals surface area contributed by atoms with Crippen LogP contribution >= 0.6 is 0 Å². The Labute approximate surface area is 81.5 Å². The topological polar surface area (TPSA) is 27.0 Å². The summed E-state index contributed by atoms with van der Waals surface area (Å²) < 4.78 is 0. The van der Waals surface area contributed by atoms with E-state index < -0.39 is 0 Å². The zero-order chi connectivity index (χ0) is 9.68. The quantitative estimate of drug-likeness (QED) is 0.667. The van der Waals surface area contributed by atoms with Crippen LogP contribution in [0.1, 0.15) is 38.5 Å². The summed E-state index contributed by atoms with van der Waals surface area (Å²) >= 11 is 0. The van der Waals surface area contributed by atoms with E-state index in [1.807, 2.05) is 0 Å².